The molecule has 0 aromatic heterocycles. The Morgan fingerprint density at radius 1 is 1.23 bits per heavy atom. The second-order valence-corrected chi connectivity index (χ2v) is 8.98. The van der Waals surface area contributed by atoms with Crippen molar-refractivity contribution in [1.29, 1.82) is 0 Å². The summed E-state index contributed by atoms with van der Waals surface area (Å²) >= 11 is 6.33. The Kier molecular flexibility index (Phi) is 7.97. The molecule has 5 nitrogen and oxygen atoms in total. The Morgan fingerprint density at radius 3 is 2.39 bits per heavy atom. The summed E-state index contributed by atoms with van der Waals surface area (Å²) < 4.78 is 54.5. The molecule has 0 radical (unpaired) electrons. The molecule has 1 aliphatic rings. The minimum Gasteiger partial charge on any atom is -0.352 e. The van der Waals surface area contributed by atoms with Gasteiger partial charge in [-0.3, -0.25) is 14.9 Å². The molecule has 0 heterocycles. The molecule has 10 heteroatoms. The molecule has 0 bridgehead atoms. The van der Waals surface area contributed by atoms with Crippen LogP contribution in [0.1, 0.15) is 43.5 Å². The van der Waals surface area contributed by atoms with Gasteiger partial charge in [-0.2, -0.15) is 13.2 Å². The van der Waals surface area contributed by atoms with E-state index in [9.17, 15) is 22.8 Å². The summed E-state index contributed by atoms with van der Waals surface area (Å²) in [5.74, 6) is -3.25. The molecule has 2 amide bonds. The Hall–Kier alpha value is -1.87. The fraction of sp³-hybridized carbons (Fsp3) is 0.619. The molecule has 2 rings (SSSR count). The van der Waals surface area contributed by atoms with Crippen LogP contribution in [-0.2, 0) is 4.79 Å². The summed E-state index contributed by atoms with van der Waals surface area (Å²) in [6.07, 6.45) is -4.36. The van der Waals surface area contributed by atoms with Gasteiger partial charge in [0.05, 0.1) is 6.54 Å². The van der Waals surface area contributed by atoms with Gasteiger partial charge in [-0.25, -0.2) is 4.39 Å². The van der Waals surface area contributed by atoms with E-state index in [1.807, 2.05) is 0 Å². The summed E-state index contributed by atoms with van der Waals surface area (Å²) in [4.78, 5) is 24.9. The van der Waals surface area contributed by atoms with Crippen LogP contribution in [0.4, 0.5) is 17.6 Å². The van der Waals surface area contributed by atoms with E-state index in [2.05, 4.69) is 10.6 Å². The van der Waals surface area contributed by atoms with Crippen LogP contribution in [0.3, 0.4) is 0 Å². The molecule has 1 aliphatic carbocycles. The highest BCUT2D eigenvalue weighted by Crippen LogP contribution is 2.37. The number of carbonyl (C=O) groups excluding carboxylic acids is 2. The number of hydrogen-bond acceptors (Lipinski definition) is 3. The van der Waals surface area contributed by atoms with Crippen molar-refractivity contribution in [2.45, 2.75) is 56.0 Å². The van der Waals surface area contributed by atoms with E-state index >= 15 is 4.39 Å². The molecule has 0 spiro atoms. The van der Waals surface area contributed by atoms with Crippen LogP contribution in [0.15, 0.2) is 30.3 Å². The van der Waals surface area contributed by atoms with Crippen molar-refractivity contribution in [2.75, 3.05) is 20.1 Å². The highest BCUT2D eigenvalue weighted by molar-refractivity contribution is 6.21. The lowest BCUT2D eigenvalue weighted by Crippen LogP contribution is -2.58. The predicted octanol–water partition coefficient (Wildman–Crippen LogP) is 3.88. The van der Waals surface area contributed by atoms with Crippen LogP contribution in [-0.4, -0.2) is 59.7 Å². The minimum absolute atomic E-state index is 0.0295. The monoisotopic (exact) mass is 465 g/mol. The maximum Gasteiger partial charge on any atom is 0.411 e. The van der Waals surface area contributed by atoms with Crippen molar-refractivity contribution in [3.8, 4) is 0 Å². The largest absolute Gasteiger partial charge is 0.411 e. The van der Waals surface area contributed by atoms with E-state index in [1.54, 1.807) is 30.3 Å². The molecular weight excluding hydrogens is 438 g/mol. The van der Waals surface area contributed by atoms with Gasteiger partial charge in [-0.1, -0.05) is 18.2 Å². The van der Waals surface area contributed by atoms with E-state index < -0.39 is 35.3 Å². The fourth-order valence-electron chi connectivity index (χ4n) is 3.33. The van der Waals surface area contributed by atoms with Crippen molar-refractivity contribution in [2.24, 2.45) is 5.92 Å². The molecule has 2 N–H and O–H groups in total. The van der Waals surface area contributed by atoms with Crippen LogP contribution < -0.4 is 10.6 Å². The van der Waals surface area contributed by atoms with Gasteiger partial charge >= 0.3 is 6.18 Å². The number of hydrogen-bond donors (Lipinski definition) is 2. The zero-order valence-electron chi connectivity index (χ0n) is 17.7. The van der Waals surface area contributed by atoms with Crippen LogP contribution in [0.2, 0.25) is 0 Å². The molecule has 0 unspecified atom stereocenters. The van der Waals surface area contributed by atoms with Gasteiger partial charge in [0.1, 0.15) is 5.54 Å². The average molecular weight is 466 g/mol. The maximum absolute atomic E-state index is 15.1. The minimum atomic E-state index is -4.62. The third kappa shape index (κ3) is 6.32. The van der Waals surface area contributed by atoms with Crippen LogP contribution in [0.25, 0.3) is 0 Å². The Bertz CT molecular complexity index is 776. The van der Waals surface area contributed by atoms with Crippen molar-refractivity contribution < 1.29 is 27.2 Å². The molecule has 31 heavy (non-hydrogen) atoms. The summed E-state index contributed by atoms with van der Waals surface area (Å²) in [5, 5.41) is 4.63. The fourth-order valence-corrected chi connectivity index (χ4v) is 3.79. The van der Waals surface area contributed by atoms with Crippen molar-refractivity contribution >= 4 is 23.4 Å². The predicted molar refractivity (Wildman–Crippen MR) is 111 cm³/mol. The first-order valence-electron chi connectivity index (χ1n) is 10.0. The van der Waals surface area contributed by atoms with Crippen LogP contribution in [0.5, 0.6) is 0 Å². The normalized spacial score (nSPS) is 24.5. The number of amides is 2. The van der Waals surface area contributed by atoms with Crippen molar-refractivity contribution in [3.63, 3.8) is 0 Å². The molecule has 1 aromatic carbocycles. The highest BCUT2D eigenvalue weighted by Gasteiger charge is 2.52. The lowest BCUT2D eigenvalue weighted by Gasteiger charge is -2.40. The molecule has 1 aromatic rings. The van der Waals surface area contributed by atoms with Crippen molar-refractivity contribution in [1.82, 2.24) is 15.5 Å². The van der Waals surface area contributed by atoms with Gasteiger partial charge in [0.25, 0.3) is 5.91 Å². The topological polar surface area (TPSA) is 61.4 Å². The molecule has 0 aliphatic heterocycles. The number of benzene rings is 1. The van der Waals surface area contributed by atoms with Crippen LogP contribution >= 0.6 is 11.6 Å². The lowest BCUT2D eigenvalue weighted by molar-refractivity contribution is -0.217. The smallest absolute Gasteiger partial charge is 0.352 e. The average Bonchev–Trinajstić information content (AvgIpc) is 2.70. The molecular formula is C21H28ClF4N3O2. The Balaban J connectivity index is 1.85. The molecule has 1 fully saturated rings. The van der Waals surface area contributed by atoms with Gasteiger partial charge in [-0.05, 0) is 44.7 Å². The number of alkyl halides is 5. The highest BCUT2D eigenvalue weighted by atomic mass is 35.5. The molecule has 1 saturated carbocycles. The Morgan fingerprint density at radius 2 is 1.84 bits per heavy atom. The zero-order chi connectivity index (χ0) is 23.4. The van der Waals surface area contributed by atoms with Gasteiger partial charge in [0.2, 0.25) is 5.91 Å². The van der Waals surface area contributed by atoms with E-state index in [1.165, 1.54) is 0 Å². The van der Waals surface area contributed by atoms with E-state index in [4.69, 9.17) is 11.6 Å². The summed E-state index contributed by atoms with van der Waals surface area (Å²) in [6, 6.07) is 8.65. The maximum atomic E-state index is 15.1. The molecule has 174 valence electrons. The quantitative estimate of drug-likeness (QED) is 0.365. The summed E-state index contributed by atoms with van der Waals surface area (Å²) in [5.41, 5.74) is -1.87. The zero-order valence-corrected chi connectivity index (χ0v) is 18.5. The molecule has 0 saturated heterocycles. The second-order valence-electron chi connectivity index (χ2n) is 8.42. The van der Waals surface area contributed by atoms with Gasteiger partial charge in [-0.15, -0.1) is 11.6 Å². The third-order valence-electron chi connectivity index (χ3n) is 5.97. The molecule has 3 atom stereocenters. The number of nitrogens with one attached hydrogen (secondary N) is 2. The van der Waals surface area contributed by atoms with Crippen LogP contribution in [0, 0.1) is 5.92 Å². The van der Waals surface area contributed by atoms with Gasteiger partial charge in [0, 0.05) is 31.0 Å². The number of carbonyl (C=O) groups is 2. The first-order chi connectivity index (χ1) is 14.3. The lowest BCUT2D eigenvalue weighted by atomic mass is 9.83. The van der Waals surface area contributed by atoms with Gasteiger partial charge in [0.15, 0.2) is 5.79 Å². The summed E-state index contributed by atoms with van der Waals surface area (Å²) in [7, 11) is 1.04. The standard InChI is InChI=1S/C21H28ClF4N3O2/c1-19(2,21(24,25)26)29(3)17(30)13-28-20(23)10-9-15(16(22)11-20)12-27-18(31)14-7-5-4-6-8-14/h4-8,15-16,28H,9-13H2,1-3H3,(H,27,31)/t15-,16-,20+/m0/s1. The number of likely N-dealkylation sites (N-methyl/N-ethyl adjacent to an activating group) is 1. The first kappa shape index (κ1) is 25.4. The number of rotatable bonds is 7. The summed E-state index contributed by atoms with van der Waals surface area (Å²) in [6.45, 7) is 1.48. The van der Waals surface area contributed by atoms with E-state index in [-0.39, 0.29) is 31.2 Å². The SMILES string of the molecule is CN(C(=O)CN[C@]1(F)CC[C@@H](CNC(=O)c2ccccc2)[C@@H](Cl)C1)C(C)(C)C(F)(F)F. The second kappa shape index (κ2) is 9.73. The van der Waals surface area contributed by atoms with Gasteiger partial charge < -0.3 is 10.2 Å². The third-order valence-corrected chi connectivity index (χ3v) is 6.48. The first-order valence-corrected chi connectivity index (χ1v) is 10.4. The van der Waals surface area contributed by atoms with E-state index in [0.29, 0.717) is 16.9 Å². The Labute approximate surface area is 184 Å². The number of halogens is 5. The van der Waals surface area contributed by atoms with Crippen molar-refractivity contribution in [3.05, 3.63) is 35.9 Å². The number of nitrogens with zero attached hydrogens (tertiary/aromatic N) is 1. The van der Waals surface area contributed by atoms with E-state index in [0.717, 1.165) is 20.9 Å².